The smallest absolute Gasteiger partial charge is 0.251 e. The van der Waals surface area contributed by atoms with Gasteiger partial charge < -0.3 is 15.5 Å². The number of nitrogens with zero attached hydrogens (tertiary/aromatic N) is 1. The summed E-state index contributed by atoms with van der Waals surface area (Å²) in [4.78, 5) is 14.9. The SMILES string of the molecule is CCCN1CCC(NC(=O)c2ccc3c(c2)NCC3)CC1. The minimum absolute atomic E-state index is 0.0699. The summed E-state index contributed by atoms with van der Waals surface area (Å²) in [5, 5.41) is 6.53. The summed E-state index contributed by atoms with van der Waals surface area (Å²) in [5.74, 6) is 0.0699. The number of benzene rings is 1. The molecule has 0 unspecified atom stereocenters. The molecule has 0 spiro atoms. The number of likely N-dealkylation sites (tertiary alicyclic amines) is 1. The van der Waals surface area contributed by atoms with E-state index in [0.717, 1.165) is 50.1 Å². The van der Waals surface area contributed by atoms with E-state index in [1.54, 1.807) is 0 Å². The highest BCUT2D eigenvalue weighted by molar-refractivity contribution is 5.95. The van der Waals surface area contributed by atoms with Crippen molar-refractivity contribution in [2.24, 2.45) is 0 Å². The molecule has 1 amide bonds. The van der Waals surface area contributed by atoms with Gasteiger partial charge in [-0.1, -0.05) is 13.0 Å². The molecule has 3 rings (SSSR count). The maximum absolute atomic E-state index is 12.4. The van der Waals surface area contributed by atoms with E-state index in [9.17, 15) is 4.79 Å². The number of piperidine rings is 1. The molecule has 0 radical (unpaired) electrons. The number of hydrogen-bond acceptors (Lipinski definition) is 3. The molecule has 4 nitrogen and oxygen atoms in total. The normalized spacial score (nSPS) is 19.1. The molecular weight excluding hydrogens is 262 g/mol. The van der Waals surface area contributed by atoms with Crippen molar-refractivity contribution in [3.63, 3.8) is 0 Å². The summed E-state index contributed by atoms with van der Waals surface area (Å²) in [6.45, 7) is 6.58. The predicted molar refractivity (Wildman–Crippen MR) is 85.9 cm³/mol. The molecule has 2 N–H and O–H groups in total. The largest absolute Gasteiger partial charge is 0.384 e. The van der Waals surface area contributed by atoms with E-state index in [1.807, 2.05) is 12.1 Å². The molecule has 1 fully saturated rings. The van der Waals surface area contributed by atoms with Crippen molar-refractivity contribution in [1.29, 1.82) is 0 Å². The van der Waals surface area contributed by atoms with E-state index < -0.39 is 0 Å². The number of amides is 1. The van der Waals surface area contributed by atoms with Crippen LogP contribution in [0.5, 0.6) is 0 Å². The summed E-state index contributed by atoms with van der Waals surface area (Å²) in [5.41, 5.74) is 3.22. The zero-order chi connectivity index (χ0) is 14.7. The summed E-state index contributed by atoms with van der Waals surface area (Å²) in [7, 11) is 0. The highest BCUT2D eigenvalue weighted by atomic mass is 16.1. The summed E-state index contributed by atoms with van der Waals surface area (Å²) in [6.07, 6.45) is 4.40. The van der Waals surface area contributed by atoms with Crippen molar-refractivity contribution >= 4 is 11.6 Å². The Labute approximate surface area is 126 Å². The molecule has 0 aromatic heterocycles. The van der Waals surface area contributed by atoms with Crippen molar-refractivity contribution < 1.29 is 4.79 Å². The quantitative estimate of drug-likeness (QED) is 0.893. The summed E-state index contributed by atoms with van der Waals surface area (Å²) < 4.78 is 0. The fourth-order valence-electron chi connectivity index (χ4n) is 3.32. The highest BCUT2D eigenvalue weighted by Crippen LogP contribution is 2.23. The van der Waals surface area contributed by atoms with Crippen LogP contribution in [0.15, 0.2) is 18.2 Å². The second-order valence-electron chi connectivity index (χ2n) is 6.14. The van der Waals surface area contributed by atoms with Gasteiger partial charge in [0.1, 0.15) is 0 Å². The van der Waals surface area contributed by atoms with Gasteiger partial charge in [-0.2, -0.15) is 0 Å². The molecule has 2 aliphatic heterocycles. The van der Waals surface area contributed by atoms with Crippen LogP contribution in [0, 0.1) is 0 Å². The highest BCUT2D eigenvalue weighted by Gasteiger charge is 2.21. The van der Waals surface area contributed by atoms with E-state index in [-0.39, 0.29) is 5.91 Å². The van der Waals surface area contributed by atoms with Gasteiger partial charge in [-0.25, -0.2) is 0 Å². The van der Waals surface area contributed by atoms with Crippen molar-refractivity contribution in [1.82, 2.24) is 10.2 Å². The predicted octanol–water partition coefficient (Wildman–Crippen LogP) is 2.26. The van der Waals surface area contributed by atoms with E-state index in [1.165, 1.54) is 18.5 Å². The van der Waals surface area contributed by atoms with Crippen LogP contribution in [0.25, 0.3) is 0 Å². The van der Waals surface area contributed by atoms with Gasteiger partial charge in [-0.15, -0.1) is 0 Å². The van der Waals surface area contributed by atoms with E-state index in [2.05, 4.69) is 28.5 Å². The number of anilines is 1. The lowest BCUT2D eigenvalue weighted by molar-refractivity contribution is 0.0911. The third kappa shape index (κ3) is 3.38. The fraction of sp³-hybridized carbons (Fsp3) is 0.588. The first-order valence-corrected chi connectivity index (χ1v) is 8.16. The average Bonchev–Trinajstić information content (AvgIpc) is 2.97. The van der Waals surface area contributed by atoms with Gasteiger partial charge in [0, 0.05) is 36.9 Å². The maximum Gasteiger partial charge on any atom is 0.251 e. The van der Waals surface area contributed by atoms with Gasteiger partial charge >= 0.3 is 0 Å². The van der Waals surface area contributed by atoms with Gasteiger partial charge in [-0.05, 0) is 49.9 Å². The second-order valence-corrected chi connectivity index (χ2v) is 6.14. The average molecular weight is 287 g/mol. The van der Waals surface area contributed by atoms with Crippen molar-refractivity contribution in [2.45, 2.75) is 38.6 Å². The number of fused-ring (bicyclic) bond motifs is 1. The van der Waals surface area contributed by atoms with Crippen LogP contribution in [0.3, 0.4) is 0 Å². The molecule has 0 atom stereocenters. The molecule has 2 aliphatic rings. The minimum Gasteiger partial charge on any atom is -0.384 e. The van der Waals surface area contributed by atoms with Crippen molar-refractivity contribution in [3.8, 4) is 0 Å². The van der Waals surface area contributed by atoms with Crippen molar-refractivity contribution in [2.75, 3.05) is 31.5 Å². The van der Waals surface area contributed by atoms with Crippen LogP contribution >= 0.6 is 0 Å². The molecule has 1 saturated heterocycles. The molecule has 4 heteroatoms. The topological polar surface area (TPSA) is 44.4 Å². The summed E-state index contributed by atoms with van der Waals surface area (Å²) >= 11 is 0. The van der Waals surface area contributed by atoms with Gasteiger partial charge in [0.15, 0.2) is 0 Å². The van der Waals surface area contributed by atoms with Crippen LogP contribution in [-0.4, -0.2) is 43.0 Å². The van der Waals surface area contributed by atoms with Gasteiger partial charge in [0.25, 0.3) is 5.91 Å². The Morgan fingerprint density at radius 1 is 1.38 bits per heavy atom. The summed E-state index contributed by atoms with van der Waals surface area (Å²) in [6, 6.07) is 6.34. The number of hydrogen-bond donors (Lipinski definition) is 2. The zero-order valence-corrected chi connectivity index (χ0v) is 12.8. The van der Waals surface area contributed by atoms with Gasteiger partial charge in [0.05, 0.1) is 0 Å². The van der Waals surface area contributed by atoms with Crippen molar-refractivity contribution in [3.05, 3.63) is 29.3 Å². The Morgan fingerprint density at radius 3 is 2.95 bits per heavy atom. The molecule has 0 bridgehead atoms. The Kier molecular flexibility index (Phi) is 4.44. The zero-order valence-electron chi connectivity index (χ0n) is 12.8. The molecule has 1 aromatic carbocycles. The first kappa shape index (κ1) is 14.4. The lowest BCUT2D eigenvalue weighted by Crippen LogP contribution is -2.44. The van der Waals surface area contributed by atoms with Gasteiger partial charge in [-0.3, -0.25) is 4.79 Å². The number of rotatable bonds is 4. The number of nitrogens with one attached hydrogen (secondary N) is 2. The Bertz CT molecular complexity index is 507. The lowest BCUT2D eigenvalue weighted by atomic mass is 10.0. The van der Waals surface area contributed by atoms with E-state index in [0.29, 0.717) is 6.04 Å². The molecule has 21 heavy (non-hydrogen) atoms. The van der Waals surface area contributed by atoms with Crippen LogP contribution < -0.4 is 10.6 Å². The van der Waals surface area contributed by atoms with E-state index >= 15 is 0 Å². The third-order valence-corrected chi connectivity index (χ3v) is 4.54. The Balaban J connectivity index is 1.55. The number of carbonyl (C=O) groups is 1. The Morgan fingerprint density at radius 2 is 2.19 bits per heavy atom. The van der Waals surface area contributed by atoms with E-state index in [4.69, 9.17) is 0 Å². The maximum atomic E-state index is 12.4. The van der Waals surface area contributed by atoms with Crippen LogP contribution in [0.4, 0.5) is 5.69 Å². The molecule has 2 heterocycles. The van der Waals surface area contributed by atoms with Crippen LogP contribution in [0.1, 0.15) is 42.1 Å². The fourth-order valence-corrected chi connectivity index (χ4v) is 3.32. The first-order valence-electron chi connectivity index (χ1n) is 8.16. The molecule has 0 aliphatic carbocycles. The van der Waals surface area contributed by atoms with Crippen LogP contribution in [-0.2, 0) is 6.42 Å². The Hall–Kier alpha value is -1.55. The minimum atomic E-state index is 0.0699. The molecular formula is C17H25N3O. The monoisotopic (exact) mass is 287 g/mol. The molecule has 0 saturated carbocycles. The lowest BCUT2D eigenvalue weighted by Gasteiger charge is -2.32. The second kappa shape index (κ2) is 6.48. The number of carbonyl (C=O) groups excluding carboxylic acids is 1. The molecule has 1 aromatic rings. The third-order valence-electron chi connectivity index (χ3n) is 4.54. The molecule has 114 valence electrons. The standard InChI is InChI=1S/C17H25N3O/c1-2-9-20-10-6-15(7-11-20)19-17(21)14-4-3-13-5-8-18-16(13)12-14/h3-4,12,15,18H,2,5-11H2,1H3,(H,19,21). The van der Waals surface area contributed by atoms with Gasteiger partial charge in [0.2, 0.25) is 0 Å². The van der Waals surface area contributed by atoms with Crippen LogP contribution in [0.2, 0.25) is 0 Å². The first-order chi connectivity index (χ1) is 10.3.